The van der Waals surface area contributed by atoms with E-state index in [2.05, 4.69) is 59.5 Å². The molecule has 0 unspecified atom stereocenters. The molecule has 118 heavy (non-hydrogen) atoms. The summed E-state index contributed by atoms with van der Waals surface area (Å²) in [5.41, 5.74) is 1.69. The van der Waals surface area contributed by atoms with Gasteiger partial charge in [0.25, 0.3) is 5.91 Å². The number of ether oxygens (including phenoxy) is 2. The summed E-state index contributed by atoms with van der Waals surface area (Å²) in [6.07, 6.45) is 14.5. The molecule has 0 atom stereocenters. The molecule has 4 aliphatic rings. The normalized spacial score (nSPS) is 14.7. The first kappa shape index (κ1) is 106. The van der Waals surface area contributed by atoms with E-state index >= 15 is 0 Å². The molecule has 12 rings (SSSR count). The lowest BCUT2D eigenvalue weighted by Gasteiger charge is -2.38. The van der Waals surface area contributed by atoms with Gasteiger partial charge in [-0.05, 0) is 227 Å². The molecule has 4 saturated heterocycles. The number of hydrogen-bond acceptors (Lipinski definition) is 17. The third-order valence-electron chi connectivity index (χ3n) is 18.5. The number of hydrogen-bond donors (Lipinski definition) is 2. The molecule has 4 aromatic heterocycles. The van der Waals surface area contributed by atoms with E-state index in [4.69, 9.17) is 77.8 Å². The van der Waals surface area contributed by atoms with Gasteiger partial charge >= 0.3 is 18.2 Å². The van der Waals surface area contributed by atoms with Crippen LogP contribution in [0.15, 0.2) is 147 Å². The second-order valence-corrected chi connectivity index (χ2v) is 31.0. The number of piperidine rings is 4. The number of halogens is 10. The maximum absolute atomic E-state index is 14.3. The third kappa shape index (κ3) is 32.5. The molecule has 31 heteroatoms. The van der Waals surface area contributed by atoms with Crippen LogP contribution in [0.4, 0.5) is 27.2 Å². The molecular weight excluding hydrogens is 1640 g/mol. The molecule has 0 bridgehead atoms. The minimum Gasteiger partial charge on any atom is -0.478 e. The summed E-state index contributed by atoms with van der Waals surface area (Å²) in [5, 5.41) is 51.1. The van der Waals surface area contributed by atoms with Crippen LogP contribution in [0.5, 0.6) is 0 Å². The summed E-state index contributed by atoms with van der Waals surface area (Å²) in [5.74, 6) is -2.36. The number of alkyl halides is 1. The average Bonchev–Trinajstić information content (AvgIpc) is 0.800. The Kier molecular flexibility index (Phi) is 45.2. The fourth-order valence-electron chi connectivity index (χ4n) is 12.3. The van der Waals surface area contributed by atoms with Crippen molar-refractivity contribution in [1.29, 1.82) is 21.0 Å². The van der Waals surface area contributed by atoms with Crippen molar-refractivity contribution in [1.82, 2.24) is 49.9 Å². The SMILES string of the molecule is C.C.C.C.C.CC(C)(C)OC(=O)N1CCC(C#N)(Cc2ccc(Cl)cc2F)CC1.CC(C)(C)OC(=O)N1CCC(C#N)CC1.Cl.Fc1cc(Cl)ccc1CCl.N#CC1(Cc2ccc(Cl)cc2F)CCN(C(=O)c2cccnc2-c2ccncn2)CC1.N#CC1(Cc2ccc(Cl)cc2F)CCNCC1.O=C(O)c1cccnc1-c1ccncn1. The summed E-state index contributed by atoms with van der Waals surface area (Å²) in [6, 6.07) is 37.3. The van der Waals surface area contributed by atoms with Gasteiger partial charge in [-0.1, -0.05) is 108 Å². The Balaban J connectivity index is 0.000000725. The van der Waals surface area contributed by atoms with Gasteiger partial charge in [-0.15, -0.1) is 24.0 Å². The molecule has 4 aliphatic heterocycles. The number of carboxylic acids is 1. The first-order valence-corrected chi connectivity index (χ1v) is 37.9. The Bertz CT molecular complexity index is 4690. The maximum atomic E-state index is 14.3. The average molecular weight is 1750 g/mol. The van der Waals surface area contributed by atoms with Gasteiger partial charge in [-0.2, -0.15) is 21.0 Å². The number of likely N-dealkylation sites (tertiary alicyclic amines) is 3. The van der Waals surface area contributed by atoms with E-state index in [-0.39, 0.29) is 103 Å². The minimum absolute atomic E-state index is 0. The Morgan fingerprint density at radius 1 is 0.492 bits per heavy atom. The Morgan fingerprint density at radius 3 is 1.15 bits per heavy atom. The number of carbonyl (C=O) groups is 4. The molecule has 4 aromatic carbocycles. The molecule has 4 fully saturated rings. The molecule has 8 heterocycles. The Morgan fingerprint density at radius 2 is 0.831 bits per heavy atom. The van der Waals surface area contributed by atoms with E-state index in [1.807, 2.05) is 41.5 Å². The molecular formula is C87H106Cl6F4N14O7. The van der Waals surface area contributed by atoms with Crippen LogP contribution in [0.1, 0.15) is 173 Å². The summed E-state index contributed by atoms with van der Waals surface area (Å²) in [6.45, 7) is 15.6. The van der Waals surface area contributed by atoms with Gasteiger partial charge in [-0.25, -0.2) is 51.9 Å². The van der Waals surface area contributed by atoms with Crippen LogP contribution in [0.3, 0.4) is 0 Å². The fourth-order valence-corrected chi connectivity index (χ4v) is 13.2. The van der Waals surface area contributed by atoms with Gasteiger partial charge in [-0.3, -0.25) is 14.8 Å². The standard InChI is InChI=1S/C23H19ClFN5O.C18H22ClFN2O2.C13H14ClFN2.C11H18N2O2.C10H7N3O2.C7H5Cl2F.5CH4.ClH/c24-17-4-3-16(19(25)12-17)13-23(14-26)6-10-30(11-7-23)22(31)18-2-1-8-28-21(18)20-5-9-27-15-29-20;1-17(2,3)24-16(23)22-8-6-18(12-21,7-9-22)11-13-4-5-14(19)10-15(13)20;14-11-2-1-10(12(15)7-11)8-13(9-16)3-5-17-6-4-13;1-11(2,3)15-10(14)13-6-4-9(8-12)5-7-13;14-10(15)7-2-1-4-12-9(7)8-3-5-11-6-13-8;8-4-5-1-2-6(9)3-7(5)10;;;;;;/h1-5,8-9,12,15H,6-7,10-11,13H2;4-5,10H,6-9,11H2,1-3H3;1-2,7,17H,3-6,8H2;9H,4-7H2,1-3H3;1-6H,(H,14,15);1-3H,4H2;5*1H4;1H. The topological polar surface area (TPSA) is 301 Å². The number of nitrogens with one attached hydrogen (secondary N) is 1. The highest BCUT2D eigenvalue weighted by molar-refractivity contribution is 6.31. The minimum atomic E-state index is -1.02. The lowest BCUT2D eigenvalue weighted by atomic mass is 9.75. The van der Waals surface area contributed by atoms with E-state index in [1.54, 1.807) is 112 Å². The van der Waals surface area contributed by atoms with Crippen molar-refractivity contribution in [3.63, 3.8) is 0 Å². The van der Waals surface area contributed by atoms with E-state index in [0.717, 1.165) is 38.8 Å². The number of rotatable bonds is 11. The highest BCUT2D eigenvalue weighted by Crippen LogP contribution is 2.39. The summed E-state index contributed by atoms with van der Waals surface area (Å²) >= 11 is 28.2. The Labute approximate surface area is 723 Å². The molecule has 0 saturated carbocycles. The molecule has 0 radical (unpaired) electrons. The second-order valence-electron chi connectivity index (χ2n) is 29.0. The smallest absolute Gasteiger partial charge is 0.410 e. The maximum Gasteiger partial charge on any atom is 0.410 e. The zero-order valence-corrected chi connectivity index (χ0v) is 67.7. The molecule has 636 valence electrons. The first-order valence-electron chi connectivity index (χ1n) is 35.8. The van der Waals surface area contributed by atoms with Crippen molar-refractivity contribution in [3.8, 4) is 47.1 Å². The van der Waals surface area contributed by atoms with Crippen LogP contribution in [-0.4, -0.2) is 137 Å². The number of carbonyl (C=O) groups excluding carboxylic acids is 3. The largest absolute Gasteiger partial charge is 0.478 e. The van der Waals surface area contributed by atoms with Crippen molar-refractivity contribution in [3.05, 3.63) is 223 Å². The van der Waals surface area contributed by atoms with E-state index in [0.29, 0.717) is 148 Å². The number of nitriles is 4. The number of amides is 3. The summed E-state index contributed by atoms with van der Waals surface area (Å²) in [4.78, 5) is 77.0. The van der Waals surface area contributed by atoms with Crippen molar-refractivity contribution < 1.29 is 51.3 Å². The van der Waals surface area contributed by atoms with E-state index in [1.165, 1.54) is 49.2 Å². The van der Waals surface area contributed by atoms with E-state index < -0.39 is 45.1 Å². The van der Waals surface area contributed by atoms with Gasteiger partial charge in [0.15, 0.2) is 0 Å². The summed E-state index contributed by atoms with van der Waals surface area (Å²) < 4.78 is 65.3. The molecule has 2 N–H and O–H groups in total. The van der Waals surface area contributed by atoms with Crippen molar-refractivity contribution in [2.24, 2.45) is 22.2 Å². The van der Waals surface area contributed by atoms with Gasteiger partial charge in [0.05, 0.1) is 68.9 Å². The molecule has 3 amide bonds. The third-order valence-corrected chi connectivity index (χ3v) is 19.7. The quantitative estimate of drug-likeness (QED) is 0.0898. The number of pyridine rings is 2. The zero-order chi connectivity index (χ0) is 81.8. The zero-order valence-electron chi connectivity index (χ0n) is 63.1. The van der Waals surface area contributed by atoms with Crippen LogP contribution in [0.2, 0.25) is 20.1 Å². The molecule has 0 spiro atoms. The van der Waals surface area contributed by atoms with Crippen LogP contribution in [-0.2, 0) is 34.6 Å². The number of carboxylic acid groups (broad SMARTS) is 1. The van der Waals surface area contributed by atoms with E-state index in [9.17, 15) is 52.5 Å². The van der Waals surface area contributed by atoms with Gasteiger partial charge in [0.1, 0.15) is 58.5 Å². The lowest BCUT2D eigenvalue weighted by molar-refractivity contribution is 0.0145. The van der Waals surface area contributed by atoms with Gasteiger partial charge in [0.2, 0.25) is 0 Å². The van der Waals surface area contributed by atoms with Crippen LogP contribution in [0, 0.1) is 90.8 Å². The fraction of sp³-hybridized carbons (Fsp3) is 0.425. The van der Waals surface area contributed by atoms with Crippen LogP contribution in [0.25, 0.3) is 22.8 Å². The van der Waals surface area contributed by atoms with Crippen molar-refractivity contribution in [2.75, 3.05) is 52.4 Å². The molecule has 0 aliphatic carbocycles. The number of aromatic carboxylic acids is 1. The second kappa shape index (κ2) is 50.2. The van der Waals surface area contributed by atoms with Crippen LogP contribution >= 0.6 is 70.4 Å². The lowest BCUT2D eigenvalue weighted by Crippen LogP contribution is -2.45. The highest BCUT2D eigenvalue weighted by Gasteiger charge is 2.40. The van der Waals surface area contributed by atoms with Crippen LogP contribution < -0.4 is 5.32 Å². The Hall–Kier alpha value is -9.80. The summed E-state index contributed by atoms with van der Waals surface area (Å²) in [7, 11) is 0. The predicted octanol–water partition coefficient (Wildman–Crippen LogP) is 22.0. The first-order chi connectivity index (χ1) is 53.2. The molecule has 8 aromatic rings. The number of aromatic nitrogens is 6. The van der Waals surface area contributed by atoms with Crippen molar-refractivity contribution in [2.45, 2.75) is 166 Å². The predicted molar refractivity (Wildman–Crippen MR) is 459 cm³/mol. The van der Waals surface area contributed by atoms with Gasteiger partial charge < -0.3 is 34.6 Å². The monoisotopic (exact) mass is 1740 g/mol. The molecule has 21 nitrogen and oxygen atoms in total. The number of benzene rings is 4. The van der Waals surface area contributed by atoms with Crippen molar-refractivity contribution >= 4 is 94.5 Å². The highest BCUT2D eigenvalue weighted by atomic mass is 35.5. The van der Waals surface area contributed by atoms with Gasteiger partial charge in [0, 0.05) is 95.6 Å². The number of nitrogens with zero attached hydrogens (tertiary/aromatic N) is 13.